The van der Waals surface area contributed by atoms with Crippen molar-refractivity contribution in [1.82, 2.24) is 24.6 Å². The molecule has 3 heterocycles. The Balaban J connectivity index is 1.21. The van der Waals surface area contributed by atoms with Gasteiger partial charge < -0.3 is 9.88 Å². The summed E-state index contributed by atoms with van der Waals surface area (Å²) in [6, 6.07) is 7.97. The van der Waals surface area contributed by atoms with Gasteiger partial charge in [-0.15, -0.1) is 0 Å². The van der Waals surface area contributed by atoms with Gasteiger partial charge in [0.1, 0.15) is 11.7 Å². The first-order valence-corrected chi connectivity index (χ1v) is 11.2. The predicted octanol–water partition coefficient (Wildman–Crippen LogP) is 3.48. The second-order valence-electron chi connectivity index (χ2n) is 9.12. The van der Waals surface area contributed by atoms with Crippen LogP contribution in [0.5, 0.6) is 0 Å². The zero-order valence-corrected chi connectivity index (χ0v) is 17.6. The Kier molecular flexibility index (Phi) is 4.41. The summed E-state index contributed by atoms with van der Waals surface area (Å²) in [4.78, 5) is 30.0. The molecule has 3 aliphatic rings. The molecule has 2 N–H and O–H groups in total. The molecule has 0 radical (unpaired) electrons. The highest BCUT2D eigenvalue weighted by Crippen LogP contribution is 2.37. The smallest absolute Gasteiger partial charge is 0.347 e. The number of hydrogen-bond acceptors (Lipinski definition) is 3. The van der Waals surface area contributed by atoms with Crippen LogP contribution in [0.2, 0.25) is 0 Å². The molecule has 0 spiro atoms. The number of likely N-dealkylation sites (tertiary alicyclic amines) is 1. The molecule has 3 aromatic rings. The minimum atomic E-state index is -0.427. The fourth-order valence-corrected chi connectivity index (χ4v) is 4.96. The lowest BCUT2D eigenvalue weighted by molar-refractivity contribution is -0.131. The van der Waals surface area contributed by atoms with Crippen LogP contribution in [0.25, 0.3) is 22.2 Å². The minimum Gasteiger partial charge on any atom is -0.361 e. The van der Waals surface area contributed by atoms with Gasteiger partial charge in [-0.2, -0.15) is 5.10 Å². The van der Waals surface area contributed by atoms with Crippen molar-refractivity contribution in [2.45, 2.75) is 32.1 Å². The second-order valence-corrected chi connectivity index (χ2v) is 9.12. The van der Waals surface area contributed by atoms with Gasteiger partial charge in [-0.25, -0.2) is 18.9 Å². The van der Waals surface area contributed by atoms with Crippen LogP contribution in [-0.4, -0.2) is 43.6 Å². The first-order chi connectivity index (χ1) is 15.6. The minimum absolute atomic E-state index is 0.213. The molecule has 164 valence electrons. The Labute approximate surface area is 183 Å². The number of halogens is 1. The number of nitrogens with zero attached hydrogens (tertiary/aromatic N) is 3. The van der Waals surface area contributed by atoms with Gasteiger partial charge in [-0.3, -0.25) is 4.79 Å². The van der Waals surface area contributed by atoms with Crippen LogP contribution < -0.4 is 5.69 Å². The van der Waals surface area contributed by atoms with Gasteiger partial charge in [0, 0.05) is 43.6 Å². The number of fused-ring (bicyclic) bond motifs is 1. The lowest BCUT2D eigenvalue weighted by Gasteiger charge is -2.16. The Bertz CT molecular complexity index is 1340. The van der Waals surface area contributed by atoms with E-state index in [2.05, 4.69) is 15.2 Å². The number of nitrogens with one attached hydrogen (secondary N) is 2. The van der Waals surface area contributed by atoms with Crippen molar-refractivity contribution >= 4 is 28.1 Å². The maximum Gasteiger partial charge on any atom is 0.347 e. The Hall–Kier alpha value is -3.42. The lowest BCUT2D eigenvalue weighted by atomic mass is 10.0. The fourth-order valence-electron chi connectivity index (χ4n) is 4.96. The molecule has 1 amide bonds. The van der Waals surface area contributed by atoms with Crippen LogP contribution in [0, 0.1) is 11.8 Å². The number of allylic oxidation sites excluding steroid dienone is 4. The number of H-pyrrole nitrogens is 2. The van der Waals surface area contributed by atoms with Crippen LogP contribution in [0.15, 0.2) is 47.2 Å². The molecule has 1 saturated carbocycles. The second kappa shape index (κ2) is 7.32. The normalized spacial score (nSPS) is 21.1. The van der Waals surface area contributed by atoms with Crippen molar-refractivity contribution < 1.29 is 9.18 Å². The van der Waals surface area contributed by atoms with Gasteiger partial charge >= 0.3 is 5.69 Å². The summed E-state index contributed by atoms with van der Waals surface area (Å²) in [5.41, 5.74) is 2.64. The molecule has 1 atom stereocenters. The van der Waals surface area contributed by atoms with Gasteiger partial charge in [0.25, 0.3) is 0 Å². The van der Waals surface area contributed by atoms with E-state index in [4.69, 9.17) is 0 Å². The molecule has 1 aromatic carbocycles. The monoisotopic (exact) mass is 433 g/mol. The van der Waals surface area contributed by atoms with Crippen LogP contribution >= 0.6 is 0 Å². The molecule has 1 aliphatic heterocycles. The summed E-state index contributed by atoms with van der Waals surface area (Å²) < 4.78 is 16.4. The first kappa shape index (κ1) is 19.3. The molecule has 7 nitrogen and oxygen atoms in total. The first-order valence-electron chi connectivity index (χ1n) is 11.2. The van der Waals surface area contributed by atoms with Crippen molar-refractivity contribution in [1.29, 1.82) is 0 Å². The Morgan fingerprint density at radius 3 is 2.94 bits per heavy atom. The molecule has 2 fully saturated rings. The number of carbonyl (C=O) groups is 1. The van der Waals surface area contributed by atoms with Crippen molar-refractivity contribution in [3.8, 4) is 0 Å². The molecule has 0 unspecified atom stereocenters. The summed E-state index contributed by atoms with van der Waals surface area (Å²) in [6.07, 6.45) is 7.11. The summed E-state index contributed by atoms with van der Waals surface area (Å²) in [6.45, 7) is 1.43. The molecule has 2 aliphatic carbocycles. The standard InChI is InChI=1S/C24H24FN5O2/c25-19-10-18(17-4-1-15-5-7-26-20(15)11-17)12-21(19)30-22(27-28-24(30)32)9-14-6-8-29(13-14)23(31)16-2-3-16/h1,4-5,7,10-11,14,16,26H,2-3,6,8-9,12-13H2,(H,28,32)/t14-/m0/s1. The molecule has 32 heavy (non-hydrogen) atoms. The van der Waals surface area contributed by atoms with E-state index in [-0.39, 0.29) is 17.7 Å². The highest BCUT2D eigenvalue weighted by atomic mass is 19.1. The third-order valence-corrected chi connectivity index (χ3v) is 6.87. The highest BCUT2D eigenvalue weighted by Gasteiger charge is 2.37. The molecular formula is C24H24FN5O2. The van der Waals surface area contributed by atoms with Gasteiger partial charge in [-0.05, 0) is 59.9 Å². The van der Waals surface area contributed by atoms with Crippen molar-refractivity contribution in [2.24, 2.45) is 11.8 Å². The summed E-state index contributed by atoms with van der Waals surface area (Å²) in [7, 11) is 0. The molecular weight excluding hydrogens is 409 g/mol. The topological polar surface area (TPSA) is 86.8 Å². The molecule has 0 bridgehead atoms. The van der Waals surface area contributed by atoms with E-state index in [9.17, 15) is 9.59 Å². The number of hydrogen-bond donors (Lipinski definition) is 2. The maximum absolute atomic E-state index is 15.0. The predicted molar refractivity (Wildman–Crippen MR) is 119 cm³/mol. The number of benzene rings is 1. The number of aromatic amines is 2. The van der Waals surface area contributed by atoms with Crippen LogP contribution in [0.1, 0.15) is 37.1 Å². The van der Waals surface area contributed by atoms with Gasteiger partial charge in [0.2, 0.25) is 5.91 Å². The zero-order valence-electron chi connectivity index (χ0n) is 17.6. The molecule has 8 heteroatoms. The van der Waals surface area contributed by atoms with E-state index in [0.717, 1.165) is 47.8 Å². The quantitative estimate of drug-likeness (QED) is 0.646. The van der Waals surface area contributed by atoms with Gasteiger partial charge in [0.05, 0.1) is 5.70 Å². The van der Waals surface area contributed by atoms with Crippen molar-refractivity contribution in [2.75, 3.05) is 13.1 Å². The van der Waals surface area contributed by atoms with Crippen LogP contribution in [-0.2, 0) is 11.2 Å². The summed E-state index contributed by atoms with van der Waals surface area (Å²) in [5, 5.41) is 7.79. The lowest BCUT2D eigenvalue weighted by Crippen LogP contribution is -2.30. The van der Waals surface area contributed by atoms with Crippen molar-refractivity contribution in [3.63, 3.8) is 0 Å². The third-order valence-electron chi connectivity index (χ3n) is 6.87. The number of carbonyl (C=O) groups excluding carboxylic acids is 1. The van der Waals surface area contributed by atoms with Gasteiger partial charge in [0.15, 0.2) is 0 Å². The third kappa shape index (κ3) is 3.30. The van der Waals surface area contributed by atoms with Crippen LogP contribution in [0.4, 0.5) is 4.39 Å². The van der Waals surface area contributed by atoms with Crippen LogP contribution in [0.3, 0.4) is 0 Å². The Morgan fingerprint density at radius 1 is 1.22 bits per heavy atom. The van der Waals surface area contributed by atoms with E-state index in [1.54, 1.807) is 0 Å². The summed E-state index contributed by atoms with van der Waals surface area (Å²) in [5.74, 6) is 0.808. The molecule has 1 saturated heterocycles. The highest BCUT2D eigenvalue weighted by molar-refractivity contribution is 5.88. The zero-order chi connectivity index (χ0) is 21.8. The van der Waals surface area contributed by atoms with Crippen molar-refractivity contribution in [3.05, 3.63) is 64.2 Å². The van der Waals surface area contributed by atoms with E-state index in [1.807, 2.05) is 35.4 Å². The molecule has 6 rings (SSSR count). The Morgan fingerprint density at radius 2 is 2.09 bits per heavy atom. The number of aromatic nitrogens is 4. The van der Waals surface area contributed by atoms with E-state index in [0.29, 0.717) is 30.9 Å². The number of rotatable bonds is 5. The average molecular weight is 433 g/mol. The van der Waals surface area contributed by atoms with Gasteiger partial charge in [-0.1, -0.05) is 12.1 Å². The largest absolute Gasteiger partial charge is 0.361 e. The van der Waals surface area contributed by atoms with E-state index < -0.39 is 11.5 Å². The molecule has 2 aromatic heterocycles. The maximum atomic E-state index is 15.0. The summed E-state index contributed by atoms with van der Waals surface area (Å²) >= 11 is 0. The fraction of sp³-hybridized carbons (Fsp3) is 0.375. The van der Waals surface area contributed by atoms with E-state index >= 15 is 4.39 Å². The SMILES string of the molecule is O=C(C1CC1)N1CC[C@@H](Cc2n[nH]c(=O)n2C2=C(F)C=C(c3ccc4cc[nH]c4c3)C2)C1. The number of amides is 1. The average Bonchev–Trinajstić information content (AvgIpc) is 3.10. The van der Waals surface area contributed by atoms with E-state index in [1.165, 1.54) is 10.6 Å².